The van der Waals surface area contributed by atoms with Crippen LogP contribution in [0.3, 0.4) is 0 Å². The van der Waals surface area contributed by atoms with Crippen LogP contribution >= 0.6 is 0 Å². The number of nitrogens with one attached hydrogen (secondary N) is 1. The van der Waals surface area contributed by atoms with E-state index in [1.807, 2.05) is 35.2 Å². The van der Waals surface area contributed by atoms with Crippen molar-refractivity contribution in [1.29, 1.82) is 0 Å². The molecule has 4 rings (SSSR count). The van der Waals surface area contributed by atoms with Crippen molar-refractivity contribution in [3.8, 4) is 0 Å². The first-order chi connectivity index (χ1) is 16.6. The third-order valence-corrected chi connectivity index (χ3v) is 7.48. The molecule has 0 aliphatic carbocycles. The number of carbonyl (C=O) groups excluding carboxylic acids is 3. The summed E-state index contributed by atoms with van der Waals surface area (Å²) >= 11 is 0. The number of benzene rings is 1. The van der Waals surface area contributed by atoms with Crippen molar-refractivity contribution in [2.45, 2.75) is 63.6 Å². The second-order valence-corrected chi connectivity index (χ2v) is 9.80. The number of nitrogens with zero attached hydrogens (tertiary/aromatic N) is 3. The summed E-state index contributed by atoms with van der Waals surface area (Å²) in [5, 5.41) is 2.73. The summed E-state index contributed by atoms with van der Waals surface area (Å²) in [7, 11) is 1.67. The fourth-order valence-electron chi connectivity index (χ4n) is 5.73. The van der Waals surface area contributed by atoms with Crippen molar-refractivity contribution in [1.82, 2.24) is 20.0 Å². The van der Waals surface area contributed by atoms with Gasteiger partial charge in [-0.2, -0.15) is 0 Å². The Balaban J connectivity index is 1.39. The molecule has 1 N–H and O–H groups in total. The van der Waals surface area contributed by atoms with Gasteiger partial charge in [-0.05, 0) is 56.7 Å². The molecule has 8 heteroatoms. The van der Waals surface area contributed by atoms with Gasteiger partial charge >= 0.3 is 6.03 Å². The fraction of sp³-hybridized carbons (Fsp3) is 0.654. The zero-order valence-electron chi connectivity index (χ0n) is 20.3. The highest BCUT2D eigenvalue weighted by Crippen LogP contribution is 2.31. The molecular formula is C26H38N4O4. The minimum absolute atomic E-state index is 0.00391. The van der Waals surface area contributed by atoms with Gasteiger partial charge in [0.1, 0.15) is 6.04 Å². The van der Waals surface area contributed by atoms with Crippen LogP contribution < -0.4 is 5.32 Å². The molecule has 3 saturated heterocycles. The van der Waals surface area contributed by atoms with Gasteiger partial charge in [0, 0.05) is 32.8 Å². The molecule has 1 aromatic rings. The van der Waals surface area contributed by atoms with E-state index in [4.69, 9.17) is 4.74 Å². The number of hydrogen-bond acceptors (Lipinski definition) is 5. The lowest BCUT2D eigenvalue weighted by atomic mass is 9.83. The predicted octanol–water partition coefficient (Wildman–Crippen LogP) is 2.63. The van der Waals surface area contributed by atoms with Crippen LogP contribution in [0.1, 0.15) is 50.5 Å². The number of amides is 4. The van der Waals surface area contributed by atoms with Gasteiger partial charge in [0.05, 0.1) is 13.0 Å². The lowest BCUT2D eigenvalue weighted by Crippen LogP contribution is -2.52. The second-order valence-electron chi connectivity index (χ2n) is 9.80. The zero-order chi connectivity index (χ0) is 23.9. The number of rotatable bonds is 10. The Hall–Kier alpha value is -2.45. The molecule has 8 nitrogen and oxygen atoms in total. The van der Waals surface area contributed by atoms with Gasteiger partial charge in [0.2, 0.25) is 5.91 Å². The smallest absolute Gasteiger partial charge is 0.325 e. The maximum atomic E-state index is 13.4. The molecule has 3 atom stereocenters. The van der Waals surface area contributed by atoms with Gasteiger partial charge in [-0.15, -0.1) is 0 Å². The van der Waals surface area contributed by atoms with E-state index in [-0.39, 0.29) is 24.8 Å². The Kier molecular flexibility index (Phi) is 8.56. The molecule has 3 aliphatic rings. The van der Waals surface area contributed by atoms with Crippen LogP contribution in [0.5, 0.6) is 0 Å². The molecule has 3 heterocycles. The molecule has 0 saturated carbocycles. The molecular weight excluding hydrogens is 432 g/mol. The van der Waals surface area contributed by atoms with Crippen molar-refractivity contribution in [3.05, 3.63) is 35.9 Å². The minimum atomic E-state index is -0.800. The molecule has 0 spiro atoms. The van der Waals surface area contributed by atoms with Gasteiger partial charge < -0.3 is 19.9 Å². The number of carbonyl (C=O) groups is 3. The summed E-state index contributed by atoms with van der Waals surface area (Å²) in [6, 6.07) is 8.75. The summed E-state index contributed by atoms with van der Waals surface area (Å²) < 4.78 is 5.22. The van der Waals surface area contributed by atoms with Crippen LogP contribution in [0.2, 0.25) is 0 Å². The predicted molar refractivity (Wildman–Crippen MR) is 129 cm³/mol. The lowest BCUT2D eigenvalue weighted by molar-refractivity contribution is -0.137. The Morgan fingerprint density at radius 2 is 1.91 bits per heavy atom. The zero-order valence-corrected chi connectivity index (χ0v) is 20.3. The maximum absolute atomic E-state index is 13.4. The molecule has 3 aliphatic heterocycles. The van der Waals surface area contributed by atoms with E-state index in [9.17, 15) is 14.4 Å². The number of imide groups is 1. The van der Waals surface area contributed by atoms with Crippen LogP contribution in [0, 0.1) is 5.92 Å². The van der Waals surface area contributed by atoms with Gasteiger partial charge in [0.15, 0.2) is 0 Å². The van der Waals surface area contributed by atoms with Gasteiger partial charge in [-0.25, -0.2) is 4.79 Å². The highest BCUT2D eigenvalue weighted by molar-refractivity contribution is 6.05. The van der Waals surface area contributed by atoms with Gasteiger partial charge in [-0.3, -0.25) is 14.5 Å². The Morgan fingerprint density at radius 1 is 1.12 bits per heavy atom. The van der Waals surface area contributed by atoms with E-state index in [0.717, 1.165) is 18.4 Å². The van der Waals surface area contributed by atoms with Crippen molar-refractivity contribution in [2.75, 3.05) is 39.9 Å². The first-order valence-corrected chi connectivity index (χ1v) is 12.7. The number of methoxy groups -OCH3 is 1. The quantitative estimate of drug-likeness (QED) is 0.420. The Bertz CT molecular complexity index is 846. The van der Waals surface area contributed by atoms with E-state index in [2.05, 4.69) is 10.2 Å². The summed E-state index contributed by atoms with van der Waals surface area (Å²) in [5.41, 5.74) is 0.883. The molecule has 186 valence electrons. The SMILES string of the molecule is COCCCN(C[C@@H]1CCCN2CCCC[C@H]12)C(=O)C[C@H]1NC(=O)N(Cc2ccccc2)C1=O. The fourth-order valence-corrected chi connectivity index (χ4v) is 5.73. The van der Waals surface area contributed by atoms with Crippen LogP contribution in [0.25, 0.3) is 0 Å². The number of hydrogen-bond donors (Lipinski definition) is 1. The Morgan fingerprint density at radius 3 is 2.71 bits per heavy atom. The largest absolute Gasteiger partial charge is 0.385 e. The first kappa shape index (κ1) is 24.7. The molecule has 3 fully saturated rings. The van der Waals surface area contributed by atoms with Crippen LogP contribution in [0.15, 0.2) is 30.3 Å². The monoisotopic (exact) mass is 470 g/mol. The number of fused-ring (bicyclic) bond motifs is 1. The average Bonchev–Trinajstić information content (AvgIpc) is 3.11. The molecule has 4 amide bonds. The molecule has 0 radical (unpaired) electrons. The summed E-state index contributed by atoms with van der Waals surface area (Å²) in [4.78, 5) is 44.6. The third-order valence-electron chi connectivity index (χ3n) is 7.48. The van der Waals surface area contributed by atoms with Crippen LogP contribution in [-0.2, 0) is 20.9 Å². The van der Waals surface area contributed by atoms with Gasteiger partial charge in [0.25, 0.3) is 5.91 Å². The molecule has 0 aromatic heterocycles. The first-order valence-electron chi connectivity index (χ1n) is 12.7. The van der Waals surface area contributed by atoms with Gasteiger partial charge in [-0.1, -0.05) is 36.8 Å². The topological polar surface area (TPSA) is 82.2 Å². The van der Waals surface area contributed by atoms with Crippen LogP contribution in [0.4, 0.5) is 4.79 Å². The summed E-state index contributed by atoms with van der Waals surface area (Å²) in [6.07, 6.45) is 6.80. The highest BCUT2D eigenvalue weighted by atomic mass is 16.5. The third kappa shape index (κ3) is 5.96. The van der Waals surface area contributed by atoms with E-state index < -0.39 is 12.1 Å². The van der Waals surface area contributed by atoms with Crippen molar-refractivity contribution < 1.29 is 19.1 Å². The minimum Gasteiger partial charge on any atom is -0.385 e. The number of piperidine rings is 2. The lowest BCUT2D eigenvalue weighted by Gasteiger charge is -2.45. The summed E-state index contributed by atoms with van der Waals surface area (Å²) in [5.74, 6) is 0.0726. The maximum Gasteiger partial charge on any atom is 0.325 e. The standard InChI is InChI=1S/C26H38N4O4/c1-34-16-8-15-29(19-21-11-7-14-28-13-6-5-12-23(21)28)24(31)17-22-25(32)30(26(33)27-22)18-20-9-3-2-4-10-20/h2-4,9-10,21-23H,5-8,11-19H2,1H3,(H,27,33)/t21-,22+,23+/m0/s1. The summed E-state index contributed by atoms with van der Waals surface area (Å²) in [6.45, 7) is 4.46. The van der Waals surface area contributed by atoms with Crippen molar-refractivity contribution in [2.24, 2.45) is 5.92 Å². The van der Waals surface area contributed by atoms with Crippen LogP contribution in [-0.4, -0.2) is 84.5 Å². The average molecular weight is 471 g/mol. The highest BCUT2D eigenvalue weighted by Gasteiger charge is 2.40. The van der Waals surface area contributed by atoms with E-state index in [0.29, 0.717) is 31.7 Å². The van der Waals surface area contributed by atoms with E-state index in [1.165, 1.54) is 43.7 Å². The van der Waals surface area contributed by atoms with Crippen molar-refractivity contribution in [3.63, 3.8) is 0 Å². The second kappa shape index (κ2) is 11.8. The molecule has 0 bridgehead atoms. The molecule has 0 unspecified atom stereocenters. The molecule has 1 aromatic carbocycles. The van der Waals surface area contributed by atoms with E-state index >= 15 is 0 Å². The Labute approximate surface area is 202 Å². The van der Waals surface area contributed by atoms with E-state index in [1.54, 1.807) is 7.11 Å². The normalized spacial score (nSPS) is 25.2. The molecule has 34 heavy (non-hydrogen) atoms. The number of ether oxygens (including phenoxy) is 1. The number of urea groups is 1. The van der Waals surface area contributed by atoms with Crippen molar-refractivity contribution >= 4 is 17.8 Å².